The molecule has 5 N–H and O–H groups in total. The molecule has 1 heterocycles. The first-order valence-electron chi connectivity index (χ1n) is 9.54. The van der Waals surface area contributed by atoms with Gasteiger partial charge < -0.3 is 30.3 Å². The second kappa shape index (κ2) is 12.2. The molecule has 6 heteroatoms. The molecule has 1 fully saturated rings. The van der Waals surface area contributed by atoms with Gasteiger partial charge in [0.2, 0.25) is 0 Å². The Morgan fingerprint density at radius 2 is 1.21 bits per heavy atom. The highest BCUT2D eigenvalue weighted by Crippen LogP contribution is 2.24. The molecule has 6 atom stereocenters. The van der Waals surface area contributed by atoms with Gasteiger partial charge in [0.15, 0.2) is 6.29 Å². The van der Waals surface area contributed by atoms with Crippen molar-refractivity contribution < 1.29 is 30.3 Å². The Bertz CT molecular complexity index is 314. The number of unbranched alkanes of at least 4 members (excludes halogenated alkanes) is 9. The predicted molar refractivity (Wildman–Crippen MR) is 91.4 cm³/mol. The Balaban J connectivity index is 2.08. The molecule has 0 aromatic heterocycles. The topological polar surface area (TPSA) is 110 Å². The maximum absolute atomic E-state index is 10.1. The summed E-state index contributed by atoms with van der Waals surface area (Å²) in [6, 6.07) is 0. The number of aliphatic hydroxyl groups is 5. The fraction of sp³-hybridized carbons (Fsp3) is 1.00. The van der Waals surface area contributed by atoms with Crippen molar-refractivity contribution in [2.45, 2.75) is 114 Å². The van der Waals surface area contributed by atoms with Crippen molar-refractivity contribution in [2.75, 3.05) is 0 Å². The van der Waals surface area contributed by atoms with Gasteiger partial charge in [-0.15, -0.1) is 0 Å². The highest BCUT2D eigenvalue weighted by atomic mass is 16.6. The summed E-state index contributed by atoms with van der Waals surface area (Å²) in [4.78, 5) is 0. The van der Waals surface area contributed by atoms with Crippen LogP contribution in [0, 0.1) is 0 Å². The summed E-state index contributed by atoms with van der Waals surface area (Å²) in [5, 5.41) is 48.5. The molecule has 0 radical (unpaired) electrons. The van der Waals surface area contributed by atoms with Gasteiger partial charge in [-0.1, -0.05) is 71.1 Å². The van der Waals surface area contributed by atoms with Crippen LogP contribution in [-0.4, -0.2) is 62.3 Å². The van der Waals surface area contributed by atoms with Crippen LogP contribution in [0.3, 0.4) is 0 Å². The summed E-state index contributed by atoms with van der Waals surface area (Å²) in [6.07, 6.45) is 4.28. The Labute approximate surface area is 145 Å². The third-order valence-electron chi connectivity index (χ3n) is 4.86. The van der Waals surface area contributed by atoms with Gasteiger partial charge in [-0.2, -0.15) is 0 Å². The first-order valence-corrected chi connectivity index (χ1v) is 9.54. The largest absolute Gasteiger partial charge is 0.390 e. The number of hydrogen-bond donors (Lipinski definition) is 5. The lowest BCUT2D eigenvalue weighted by Crippen LogP contribution is -2.60. The number of hydrogen-bond acceptors (Lipinski definition) is 6. The van der Waals surface area contributed by atoms with Crippen molar-refractivity contribution in [1.82, 2.24) is 0 Å². The second-order valence-electron chi connectivity index (χ2n) is 7.00. The standard InChI is InChI=1S/C18H36O6/c1-2-3-4-5-6-7-8-9-10-11-12-13(19)17-15(21)14(20)16(22)18(23)24-17/h13-23H,2-12H2,1H3/t13?,14-,15-,16+,17+,18?/m0/s1. The van der Waals surface area contributed by atoms with Crippen molar-refractivity contribution in [3.05, 3.63) is 0 Å². The Hall–Kier alpha value is -0.240. The minimum Gasteiger partial charge on any atom is -0.390 e. The quantitative estimate of drug-likeness (QED) is 0.342. The van der Waals surface area contributed by atoms with E-state index in [9.17, 15) is 25.5 Å². The second-order valence-corrected chi connectivity index (χ2v) is 7.00. The van der Waals surface area contributed by atoms with Crippen LogP contribution in [-0.2, 0) is 4.74 Å². The Morgan fingerprint density at radius 3 is 1.75 bits per heavy atom. The average molecular weight is 348 g/mol. The van der Waals surface area contributed by atoms with Gasteiger partial charge in [0.25, 0.3) is 0 Å². The lowest BCUT2D eigenvalue weighted by Gasteiger charge is -2.40. The normalized spacial score (nSPS) is 32.0. The molecular weight excluding hydrogens is 312 g/mol. The third-order valence-corrected chi connectivity index (χ3v) is 4.86. The zero-order valence-corrected chi connectivity index (χ0v) is 14.9. The monoisotopic (exact) mass is 348 g/mol. The van der Waals surface area contributed by atoms with Gasteiger partial charge in [-0.3, -0.25) is 0 Å². The summed E-state index contributed by atoms with van der Waals surface area (Å²) >= 11 is 0. The van der Waals surface area contributed by atoms with E-state index in [1.54, 1.807) is 0 Å². The maximum Gasteiger partial charge on any atom is 0.184 e. The van der Waals surface area contributed by atoms with Crippen LogP contribution in [0.1, 0.15) is 77.6 Å². The van der Waals surface area contributed by atoms with E-state index in [1.165, 1.54) is 44.9 Å². The zero-order chi connectivity index (χ0) is 17.9. The lowest BCUT2D eigenvalue weighted by molar-refractivity contribution is -0.297. The number of ether oxygens (including phenoxy) is 1. The first-order chi connectivity index (χ1) is 11.5. The van der Waals surface area contributed by atoms with E-state index in [2.05, 4.69) is 6.92 Å². The fourth-order valence-corrected chi connectivity index (χ4v) is 3.21. The van der Waals surface area contributed by atoms with Gasteiger partial charge in [0, 0.05) is 0 Å². The molecule has 6 nitrogen and oxygen atoms in total. The highest BCUT2D eigenvalue weighted by molar-refractivity contribution is 4.91. The molecule has 0 aliphatic carbocycles. The van der Waals surface area contributed by atoms with Crippen LogP contribution in [0.5, 0.6) is 0 Å². The fourth-order valence-electron chi connectivity index (χ4n) is 3.21. The SMILES string of the molecule is CCCCCCCCCCCCC(O)[C@H]1OC(O)[C@H](O)[C@@H](O)[C@@H]1O. The van der Waals surface area contributed by atoms with Crippen molar-refractivity contribution >= 4 is 0 Å². The lowest BCUT2D eigenvalue weighted by atomic mass is 9.93. The molecule has 0 aromatic rings. The van der Waals surface area contributed by atoms with Crippen LogP contribution in [0.2, 0.25) is 0 Å². The van der Waals surface area contributed by atoms with E-state index in [4.69, 9.17) is 4.74 Å². The highest BCUT2D eigenvalue weighted by Gasteiger charge is 2.45. The van der Waals surface area contributed by atoms with Gasteiger partial charge in [-0.05, 0) is 6.42 Å². The molecule has 1 aliphatic rings. The first kappa shape index (κ1) is 21.8. The molecule has 0 saturated carbocycles. The van der Waals surface area contributed by atoms with Crippen LogP contribution < -0.4 is 0 Å². The molecule has 0 aromatic carbocycles. The molecule has 0 bridgehead atoms. The van der Waals surface area contributed by atoms with E-state index >= 15 is 0 Å². The zero-order valence-electron chi connectivity index (χ0n) is 14.9. The van der Waals surface area contributed by atoms with Gasteiger partial charge >= 0.3 is 0 Å². The van der Waals surface area contributed by atoms with E-state index in [1.807, 2.05) is 0 Å². The Kier molecular flexibility index (Phi) is 11.1. The van der Waals surface area contributed by atoms with E-state index in [0.29, 0.717) is 6.42 Å². The Morgan fingerprint density at radius 1 is 0.708 bits per heavy atom. The van der Waals surface area contributed by atoms with Crippen molar-refractivity contribution in [2.24, 2.45) is 0 Å². The van der Waals surface area contributed by atoms with Crippen LogP contribution >= 0.6 is 0 Å². The van der Waals surface area contributed by atoms with Gasteiger partial charge in [0.05, 0.1) is 6.10 Å². The summed E-state index contributed by atoms with van der Waals surface area (Å²) in [5.74, 6) is 0. The van der Waals surface area contributed by atoms with Crippen molar-refractivity contribution in [3.8, 4) is 0 Å². The summed E-state index contributed by atoms with van der Waals surface area (Å²) in [7, 11) is 0. The van der Waals surface area contributed by atoms with E-state index in [-0.39, 0.29) is 0 Å². The van der Waals surface area contributed by atoms with E-state index < -0.39 is 36.8 Å². The summed E-state index contributed by atoms with van der Waals surface area (Å²) < 4.78 is 5.03. The minimum atomic E-state index is -1.59. The molecule has 24 heavy (non-hydrogen) atoms. The molecular formula is C18H36O6. The number of rotatable bonds is 12. The molecule has 0 amide bonds. The van der Waals surface area contributed by atoms with Crippen LogP contribution in [0.25, 0.3) is 0 Å². The smallest absolute Gasteiger partial charge is 0.184 e. The van der Waals surface area contributed by atoms with Gasteiger partial charge in [0.1, 0.15) is 24.4 Å². The average Bonchev–Trinajstić information content (AvgIpc) is 2.57. The molecule has 1 saturated heterocycles. The minimum absolute atomic E-state index is 0.438. The van der Waals surface area contributed by atoms with Crippen molar-refractivity contribution in [1.29, 1.82) is 0 Å². The molecule has 1 rings (SSSR count). The van der Waals surface area contributed by atoms with E-state index in [0.717, 1.165) is 19.3 Å². The molecule has 144 valence electrons. The molecule has 0 spiro atoms. The van der Waals surface area contributed by atoms with Crippen LogP contribution in [0.15, 0.2) is 0 Å². The molecule has 1 aliphatic heterocycles. The predicted octanol–water partition coefficient (Wildman–Crippen LogP) is 1.46. The van der Waals surface area contributed by atoms with Crippen LogP contribution in [0.4, 0.5) is 0 Å². The van der Waals surface area contributed by atoms with Crippen molar-refractivity contribution in [3.63, 3.8) is 0 Å². The summed E-state index contributed by atoms with van der Waals surface area (Å²) in [5.41, 5.74) is 0. The van der Waals surface area contributed by atoms with Gasteiger partial charge in [-0.25, -0.2) is 0 Å². The number of aliphatic hydroxyl groups excluding tert-OH is 5. The maximum atomic E-state index is 10.1. The molecule has 2 unspecified atom stereocenters. The summed E-state index contributed by atoms with van der Waals surface area (Å²) in [6.45, 7) is 2.22. The third kappa shape index (κ3) is 7.33.